The van der Waals surface area contributed by atoms with Crippen LogP contribution >= 0.6 is 24.0 Å². The summed E-state index contributed by atoms with van der Waals surface area (Å²) in [5.74, 6) is 0.177. The number of thioether (sulfide) groups is 1. The topological polar surface area (TPSA) is 65.8 Å². The summed E-state index contributed by atoms with van der Waals surface area (Å²) in [6.07, 6.45) is 4.09. The third-order valence-corrected chi connectivity index (χ3v) is 6.19. The first-order valence-electron chi connectivity index (χ1n) is 9.82. The molecule has 6 nitrogen and oxygen atoms in total. The number of hydrogen-bond acceptors (Lipinski definition) is 6. The first kappa shape index (κ1) is 23.2. The number of likely N-dealkylation sites (N-methyl/N-ethyl adjacent to an activating group) is 1. The predicted molar refractivity (Wildman–Crippen MR) is 124 cm³/mol. The molecule has 31 heavy (non-hydrogen) atoms. The fourth-order valence-electron chi connectivity index (χ4n) is 3.12. The summed E-state index contributed by atoms with van der Waals surface area (Å²) in [6.45, 7) is 0.801. The van der Waals surface area contributed by atoms with Gasteiger partial charge in [-0.1, -0.05) is 36.1 Å². The van der Waals surface area contributed by atoms with Crippen molar-refractivity contribution in [3.63, 3.8) is 0 Å². The van der Waals surface area contributed by atoms with Gasteiger partial charge in [0.05, 0.1) is 17.2 Å². The maximum atomic E-state index is 13.1. The number of furan rings is 1. The molecule has 2 amide bonds. The molecule has 1 N–H and O–H groups in total. The van der Waals surface area contributed by atoms with Crippen LogP contribution in [0.25, 0.3) is 6.08 Å². The Bertz CT molecular complexity index is 959. The molecule has 3 rings (SSSR count). The molecule has 9 heteroatoms. The van der Waals surface area contributed by atoms with Crippen LogP contribution in [0.15, 0.2) is 52.0 Å². The molecule has 1 aromatic heterocycles. The van der Waals surface area contributed by atoms with Gasteiger partial charge in [0.15, 0.2) is 0 Å². The second-order valence-corrected chi connectivity index (χ2v) is 8.96. The molecule has 1 fully saturated rings. The van der Waals surface area contributed by atoms with Crippen molar-refractivity contribution >= 4 is 46.2 Å². The Balaban J connectivity index is 1.47. The Morgan fingerprint density at radius 1 is 1.32 bits per heavy atom. The minimum absolute atomic E-state index is 0.0535. The maximum absolute atomic E-state index is 13.1. The van der Waals surface area contributed by atoms with Gasteiger partial charge >= 0.3 is 0 Å². The number of amides is 2. The van der Waals surface area contributed by atoms with Crippen LogP contribution in [0.5, 0.6) is 0 Å². The molecule has 0 spiro atoms. The molecular formula is C22H24FN3O3S2. The lowest BCUT2D eigenvalue weighted by atomic mass is 10.2. The SMILES string of the molecule is CN(C)C(CNC(=O)CCCN1C(=O)/C(=C/c2ccc(F)cc2)SC1=S)c1ccco1. The van der Waals surface area contributed by atoms with Crippen molar-refractivity contribution in [2.45, 2.75) is 18.9 Å². The first-order valence-corrected chi connectivity index (χ1v) is 11.0. The summed E-state index contributed by atoms with van der Waals surface area (Å²) in [4.78, 5) is 28.9. The van der Waals surface area contributed by atoms with E-state index < -0.39 is 0 Å². The van der Waals surface area contributed by atoms with Gasteiger partial charge in [0.2, 0.25) is 5.91 Å². The van der Waals surface area contributed by atoms with Gasteiger partial charge in [-0.3, -0.25) is 19.4 Å². The van der Waals surface area contributed by atoms with Gasteiger partial charge in [0.1, 0.15) is 15.9 Å². The second-order valence-electron chi connectivity index (χ2n) is 7.29. The smallest absolute Gasteiger partial charge is 0.266 e. The monoisotopic (exact) mass is 461 g/mol. The highest BCUT2D eigenvalue weighted by Crippen LogP contribution is 2.32. The van der Waals surface area contributed by atoms with Gasteiger partial charge in [-0.05, 0) is 56.4 Å². The Labute approximate surface area is 190 Å². The molecule has 1 aliphatic heterocycles. The number of hydrogen-bond donors (Lipinski definition) is 1. The highest BCUT2D eigenvalue weighted by molar-refractivity contribution is 8.26. The lowest BCUT2D eigenvalue weighted by Gasteiger charge is -2.22. The number of carbonyl (C=O) groups is 2. The van der Waals surface area contributed by atoms with Crippen LogP contribution in [0.2, 0.25) is 0 Å². The number of thiocarbonyl (C=S) groups is 1. The molecule has 2 aromatic rings. The van der Waals surface area contributed by atoms with Crippen LogP contribution in [-0.2, 0) is 9.59 Å². The van der Waals surface area contributed by atoms with Crippen LogP contribution in [-0.4, -0.2) is 53.1 Å². The first-order chi connectivity index (χ1) is 14.8. The van der Waals surface area contributed by atoms with Gasteiger partial charge in [-0.15, -0.1) is 0 Å². The molecule has 2 heterocycles. The van der Waals surface area contributed by atoms with Crippen LogP contribution < -0.4 is 5.32 Å². The summed E-state index contributed by atoms with van der Waals surface area (Å²) in [7, 11) is 3.85. The Morgan fingerprint density at radius 3 is 2.71 bits per heavy atom. The van der Waals surface area contributed by atoms with E-state index in [4.69, 9.17) is 16.6 Å². The van der Waals surface area contributed by atoms with E-state index in [1.807, 2.05) is 31.1 Å². The van der Waals surface area contributed by atoms with Crippen LogP contribution in [0.1, 0.15) is 30.2 Å². The second kappa shape index (κ2) is 10.7. The van der Waals surface area contributed by atoms with Gasteiger partial charge in [-0.2, -0.15) is 0 Å². The largest absolute Gasteiger partial charge is 0.468 e. The zero-order valence-corrected chi connectivity index (χ0v) is 19.0. The third kappa shape index (κ3) is 6.25. The van der Waals surface area contributed by atoms with Crippen LogP contribution in [0.4, 0.5) is 4.39 Å². The molecule has 1 saturated heterocycles. The van der Waals surface area contributed by atoms with Crippen LogP contribution in [0.3, 0.4) is 0 Å². The minimum Gasteiger partial charge on any atom is -0.468 e. The van der Waals surface area contributed by atoms with Crippen molar-refractivity contribution in [2.75, 3.05) is 27.2 Å². The van der Waals surface area contributed by atoms with Gasteiger partial charge in [0.25, 0.3) is 5.91 Å². The van der Waals surface area contributed by atoms with E-state index in [1.165, 1.54) is 28.8 Å². The number of benzene rings is 1. The average Bonchev–Trinajstić information content (AvgIpc) is 3.34. The summed E-state index contributed by atoms with van der Waals surface area (Å²) < 4.78 is 19.0. The zero-order chi connectivity index (χ0) is 22.4. The Hall–Kier alpha value is -2.49. The normalized spacial score (nSPS) is 16.4. The van der Waals surface area contributed by atoms with Crippen molar-refractivity contribution in [2.24, 2.45) is 0 Å². The van der Waals surface area contributed by atoms with Crippen molar-refractivity contribution in [3.05, 3.63) is 64.7 Å². The van der Waals surface area contributed by atoms with Crippen LogP contribution in [0, 0.1) is 5.82 Å². The van der Waals surface area contributed by atoms with Gasteiger partial charge < -0.3 is 9.73 Å². The third-order valence-electron chi connectivity index (χ3n) is 4.81. The van der Waals surface area contributed by atoms with E-state index in [0.717, 1.165) is 11.3 Å². The molecule has 164 valence electrons. The molecule has 0 aliphatic carbocycles. The minimum atomic E-state index is -0.330. The molecule has 0 radical (unpaired) electrons. The van der Waals surface area contributed by atoms with E-state index in [0.29, 0.717) is 28.7 Å². The van der Waals surface area contributed by atoms with Crippen molar-refractivity contribution < 1.29 is 18.4 Å². The van der Waals surface area contributed by atoms with E-state index in [-0.39, 0.29) is 30.1 Å². The predicted octanol–water partition coefficient (Wildman–Crippen LogP) is 3.82. The molecule has 1 unspecified atom stereocenters. The number of nitrogens with zero attached hydrogens (tertiary/aromatic N) is 2. The molecule has 0 saturated carbocycles. The van der Waals surface area contributed by atoms with Crippen molar-refractivity contribution in [1.29, 1.82) is 0 Å². The summed E-state index contributed by atoms with van der Waals surface area (Å²) in [5, 5.41) is 2.92. The molecular weight excluding hydrogens is 437 g/mol. The van der Waals surface area contributed by atoms with Crippen molar-refractivity contribution in [3.8, 4) is 0 Å². The lowest BCUT2D eigenvalue weighted by Crippen LogP contribution is -2.35. The number of halogens is 1. The summed E-state index contributed by atoms with van der Waals surface area (Å²) in [5.41, 5.74) is 0.730. The maximum Gasteiger partial charge on any atom is 0.266 e. The summed E-state index contributed by atoms with van der Waals surface area (Å²) >= 11 is 6.54. The number of rotatable bonds is 9. The molecule has 1 aromatic carbocycles. The fourth-order valence-corrected chi connectivity index (χ4v) is 4.43. The van der Waals surface area contributed by atoms with Gasteiger partial charge in [0, 0.05) is 19.5 Å². The quantitative estimate of drug-likeness (QED) is 0.452. The van der Waals surface area contributed by atoms with E-state index in [9.17, 15) is 14.0 Å². The molecule has 0 bridgehead atoms. The molecule has 1 aliphatic rings. The Kier molecular flexibility index (Phi) is 8.00. The lowest BCUT2D eigenvalue weighted by molar-refractivity contribution is -0.124. The summed E-state index contributed by atoms with van der Waals surface area (Å²) in [6, 6.07) is 9.55. The fraction of sp³-hybridized carbons (Fsp3) is 0.318. The zero-order valence-electron chi connectivity index (χ0n) is 17.3. The van der Waals surface area contributed by atoms with Crippen molar-refractivity contribution in [1.82, 2.24) is 15.1 Å². The highest BCUT2D eigenvalue weighted by atomic mass is 32.2. The number of carbonyl (C=O) groups excluding carboxylic acids is 2. The van der Waals surface area contributed by atoms with E-state index >= 15 is 0 Å². The standard InChI is InChI=1S/C22H24FN3O3S2/c1-25(2)17(18-5-4-12-29-18)14-24-20(27)6-3-11-26-21(28)19(31-22(26)30)13-15-7-9-16(23)10-8-15/h4-5,7-10,12-13,17H,3,6,11,14H2,1-2H3,(H,24,27)/b19-13-. The average molecular weight is 462 g/mol. The van der Waals surface area contributed by atoms with E-state index in [2.05, 4.69) is 5.32 Å². The Morgan fingerprint density at radius 2 is 2.06 bits per heavy atom. The highest BCUT2D eigenvalue weighted by Gasteiger charge is 2.31. The molecule has 1 atom stereocenters. The number of nitrogens with one attached hydrogen (secondary N) is 1. The van der Waals surface area contributed by atoms with E-state index in [1.54, 1.807) is 24.5 Å². The van der Waals surface area contributed by atoms with Gasteiger partial charge in [-0.25, -0.2) is 4.39 Å².